The van der Waals surface area contributed by atoms with Crippen LogP contribution in [0.2, 0.25) is 0 Å². The summed E-state index contributed by atoms with van der Waals surface area (Å²) in [5, 5.41) is 17.0. The molecule has 1 aromatic heterocycles. The van der Waals surface area contributed by atoms with Crippen LogP contribution in [0.4, 0.5) is 0 Å². The second-order valence-electron chi connectivity index (χ2n) is 4.89. The van der Waals surface area contributed by atoms with Crippen LogP contribution in [-0.4, -0.2) is 27.5 Å². The molecule has 0 aromatic carbocycles. The van der Waals surface area contributed by atoms with E-state index in [1.807, 2.05) is 0 Å². The Hall–Kier alpha value is -0.870. The zero-order valence-corrected chi connectivity index (χ0v) is 10.6. The molecule has 17 heavy (non-hydrogen) atoms. The number of aliphatic hydroxyl groups excluding tert-OH is 1. The van der Waals surface area contributed by atoms with Gasteiger partial charge >= 0.3 is 0 Å². The number of nitrogens with zero attached hydrogens (tertiary/aromatic N) is 2. The Morgan fingerprint density at radius 3 is 2.94 bits per heavy atom. The molecule has 0 aliphatic heterocycles. The van der Waals surface area contributed by atoms with Crippen molar-refractivity contribution in [2.24, 2.45) is 0 Å². The highest BCUT2D eigenvalue weighted by molar-refractivity contribution is 5.00. The second kappa shape index (κ2) is 6.17. The van der Waals surface area contributed by atoms with Gasteiger partial charge in [-0.25, -0.2) is 0 Å². The van der Waals surface area contributed by atoms with E-state index in [9.17, 15) is 0 Å². The monoisotopic (exact) mass is 237 g/mol. The summed E-state index contributed by atoms with van der Waals surface area (Å²) in [6.07, 6.45) is 8.24. The van der Waals surface area contributed by atoms with Crippen molar-refractivity contribution in [3.8, 4) is 0 Å². The zero-order chi connectivity index (χ0) is 12.1. The summed E-state index contributed by atoms with van der Waals surface area (Å²) in [6, 6.07) is 2.88. The topological polar surface area (TPSA) is 50.1 Å². The lowest BCUT2D eigenvalue weighted by molar-refractivity contribution is 0.238. The normalized spacial score (nSPS) is 18.7. The smallest absolute Gasteiger partial charge is 0.0762 e. The van der Waals surface area contributed by atoms with E-state index >= 15 is 0 Å². The summed E-state index contributed by atoms with van der Waals surface area (Å²) >= 11 is 0. The van der Waals surface area contributed by atoms with Crippen molar-refractivity contribution in [1.82, 2.24) is 15.1 Å². The Bertz CT molecular complexity index is 327. The number of aliphatic hydroxyl groups is 1. The Labute approximate surface area is 103 Å². The van der Waals surface area contributed by atoms with E-state index < -0.39 is 0 Å². The summed E-state index contributed by atoms with van der Waals surface area (Å²) in [6.45, 7) is 3.02. The molecule has 0 saturated heterocycles. The predicted molar refractivity (Wildman–Crippen MR) is 67.7 cm³/mol. The third-order valence-electron chi connectivity index (χ3n) is 3.65. The third-order valence-corrected chi connectivity index (χ3v) is 3.65. The van der Waals surface area contributed by atoms with Gasteiger partial charge < -0.3 is 10.4 Å². The molecule has 0 bridgehead atoms. The quantitative estimate of drug-likeness (QED) is 0.794. The van der Waals surface area contributed by atoms with E-state index in [0.29, 0.717) is 6.04 Å². The molecule has 96 valence electrons. The number of aromatic nitrogens is 2. The first-order valence-corrected chi connectivity index (χ1v) is 6.71. The SMILES string of the molecule is CCC(CO)NCc1ccn(C2CCCC2)n1. The molecule has 1 aromatic rings. The summed E-state index contributed by atoms with van der Waals surface area (Å²) in [5.74, 6) is 0. The van der Waals surface area contributed by atoms with E-state index in [1.165, 1.54) is 25.7 Å². The summed E-state index contributed by atoms with van der Waals surface area (Å²) in [5.41, 5.74) is 1.07. The first-order chi connectivity index (χ1) is 8.33. The molecule has 1 unspecified atom stereocenters. The number of rotatable bonds is 6. The molecular weight excluding hydrogens is 214 g/mol. The van der Waals surface area contributed by atoms with Gasteiger partial charge in [-0.15, -0.1) is 0 Å². The summed E-state index contributed by atoms with van der Waals surface area (Å²) in [4.78, 5) is 0. The van der Waals surface area contributed by atoms with Crippen LogP contribution in [0, 0.1) is 0 Å². The molecule has 1 fully saturated rings. The highest BCUT2D eigenvalue weighted by Crippen LogP contribution is 2.28. The largest absolute Gasteiger partial charge is 0.395 e. The Kier molecular flexibility index (Phi) is 4.57. The fraction of sp³-hybridized carbons (Fsp3) is 0.769. The number of hydrogen-bond donors (Lipinski definition) is 2. The Morgan fingerprint density at radius 1 is 1.53 bits per heavy atom. The minimum Gasteiger partial charge on any atom is -0.395 e. The van der Waals surface area contributed by atoms with Crippen LogP contribution in [-0.2, 0) is 6.54 Å². The molecule has 1 aliphatic rings. The molecule has 4 nitrogen and oxygen atoms in total. The number of hydrogen-bond acceptors (Lipinski definition) is 3. The van der Waals surface area contributed by atoms with Gasteiger partial charge in [0.25, 0.3) is 0 Å². The van der Waals surface area contributed by atoms with Crippen LogP contribution in [0.1, 0.15) is 50.8 Å². The fourth-order valence-electron chi connectivity index (χ4n) is 2.43. The minimum atomic E-state index is 0.187. The minimum absolute atomic E-state index is 0.187. The maximum absolute atomic E-state index is 9.09. The molecule has 2 rings (SSSR count). The van der Waals surface area contributed by atoms with E-state index in [2.05, 4.69) is 34.3 Å². The highest BCUT2D eigenvalue weighted by atomic mass is 16.3. The molecule has 4 heteroatoms. The lowest BCUT2D eigenvalue weighted by Crippen LogP contribution is -2.31. The van der Waals surface area contributed by atoms with Gasteiger partial charge in [-0.2, -0.15) is 5.10 Å². The van der Waals surface area contributed by atoms with Crippen molar-refractivity contribution in [2.75, 3.05) is 6.61 Å². The van der Waals surface area contributed by atoms with Crippen molar-refractivity contribution >= 4 is 0 Å². The van der Waals surface area contributed by atoms with Crippen LogP contribution in [0.25, 0.3) is 0 Å². The molecule has 0 amide bonds. The summed E-state index contributed by atoms with van der Waals surface area (Å²) < 4.78 is 2.11. The van der Waals surface area contributed by atoms with Gasteiger partial charge in [-0.05, 0) is 25.3 Å². The number of nitrogens with one attached hydrogen (secondary N) is 1. The van der Waals surface area contributed by atoms with Crippen molar-refractivity contribution in [3.63, 3.8) is 0 Å². The van der Waals surface area contributed by atoms with Crippen molar-refractivity contribution < 1.29 is 5.11 Å². The van der Waals surface area contributed by atoms with E-state index in [4.69, 9.17) is 5.11 Å². The van der Waals surface area contributed by atoms with E-state index in [1.54, 1.807) is 0 Å². The molecule has 1 aliphatic carbocycles. The van der Waals surface area contributed by atoms with Gasteiger partial charge in [0.1, 0.15) is 0 Å². The van der Waals surface area contributed by atoms with Gasteiger partial charge in [0.15, 0.2) is 0 Å². The molecular formula is C13H23N3O. The van der Waals surface area contributed by atoms with E-state index in [0.717, 1.165) is 18.7 Å². The Morgan fingerprint density at radius 2 is 2.29 bits per heavy atom. The average molecular weight is 237 g/mol. The first-order valence-electron chi connectivity index (χ1n) is 6.71. The van der Waals surface area contributed by atoms with Crippen LogP contribution in [0.5, 0.6) is 0 Å². The lowest BCUT2D eigenvalue weighted by Gasteiger charge is -2.12. The van der Waals surface area contributed by atoms with Crippen molar-refractivity contribution in [3.05, 3.63) is 18.0 Å². The second-order valence-corrected chi connectivity index (χ2v) is 4.89. The molecule has 0 radical (unpaired) electrons. The van der Waals surface area contributed by atoms with Gasteiger partial charge in [-0.1, -0.05) is 19.8 Å². The standard InChI is InChI=1S/C13H23N3O/c1-2-11(10-17)14-9-12-7-8-16(15-12)13-5-3-4-6-13/h7-8,11,13-14,17H,2-6,9-10H2,1H3. The molecule has 1 atom stereocenters. The maximum Gasteiger partial charge on any atom is 0.0762 e. The average Bonchev–Trinajstić information content (AvgIpc) is 3.01. The fourth-order valence-corrected chi connectivity index (χ4v) is 2.43. The van der Waals surface area contributed by atoms with Crippen molar-refractivity contribution in [2.45, 2.75) is 57.7 Å². The predicted octanol–water partition coefficient (Wildman–Crippen LogP) is 1.86. The maximum atomic E-state index is 9.09. The van der Waals surface area contributed by atoms with Crippen LogP contribution in [0.3, 0.4) is 0 Å². The van der Waals surface area contributed by atoms with Crippen LogP contribution >= 0.6 is 0 Å². The summed E-state index contributed by atoms with van der Waals surface area (Å²) in [7, 11) is 0. The zero-order valence-electron chi connectivity index (χ0n) is 10.6. The third kappa shape index (κ3) is 3.30. The van der Waals surface area contributed by atoms with Gasteiger partial charge in [0.2, 0.25) is 0 Å². The Balaban J connectivity index is 1.85. The van der Waals surface area contributed by atoms with Gasteiger partial charge in [0, 0.05) is 18.8 Å². The van der Waals surface area contributed by atoms with Gasteiger partial charge in [0.05, 0.1) is 18.3 Å². The lowest BCUT2D eigenvalue weighted by atomic mass is 10.2. The molecule has 1 heterocycles. The van der Waals surface area contributed by atoms with Crippen LogP contribution in [0.15, 0.2) is 12.3 Å². The first kappa shape index (κ1) is 12.6. The van der Waals surface area contributed by atoms with Gasteiger partial charge in [-0.3, -0.25) is 4.68 Å². The molecule has 0 spiro atoms. The highest BCUT2D eigenvalue weighted by Gasteiger charge is 2.17. The van der Waals surface area contributed by atoms with E-state index in [-0.39, 0.29) is 12.6 Å². The van der Waals surface area contributed by atoms with Crippen molar-refractivity contribution in [1.29, 1.82) is 0 Å². The molecule has 1 saturated carbocycles. The van der Waals surface area contributed by atoms with Crippen LogP contribution < -0.4 is 5.32 Å². The molecule has 2 N–H and O–H groups in total.